The van der Waals surface area contributed by atoms with E-state index in [1.165, 1.54) is 0 Å². The number of hydrogen-bond donors (Lipinski definition) is 2. The predicted octanol–water partition coefficient (Wildman–Crippen LogP) is 2.14. The van der Waals surface area contributed by atoms with Gasteiger partial charge in [0, 0.05) is 11.6 Å². The molecule has 6 nitrogen and oxygen atoms in total. The van der Waals surface area contributed by atoms with E-state index in [9.17, 15) is 10.2 Å². The summed E-state index contributed by atoms with van der Waals surface area (Å²) in [6, 6.07) is 12.1. The average Bonchev–Trinajstić information content (AvgIpc) is 3.05. The number of hydrogen-bond acceptors (Lipinski definition) is 5. The number of aliphatic hydroxyl groups is 1. The van der Waals surface area contributed by atoms with Gasteiger partial charge in [-0.25, -0.2) is 4.68 Å². The van der Waals surface area contributed by atoms with Crippen LogP contribution in [0.15, 0.2) is 48.7 Å². The molecule has 112 valence electrons. The summed E-state index contributed by atoms with van der Waals surface area (Å²) in [7, 11) is 1.57. The Hall–Kier alpha value is -2.86. The Balaban J connectivity index is 1.98. The van der Waals surface area contributed by atoms with Gasteiger partial charge >= 0.3 is 0 Å². The summed E-state index contributed by atoms with van der Waals surface area (Å²) in [6.07, 6.45) is 1.78. The molecule has 0 fully saturated rings. The van der Waals surface area contributed by atoms with Crippen molar-refractivity contribution >= 4 is 0 Å². The van der Waals surface area contributed by atoms with Crippen molar-refractivity contribution in [2.45, 2.75) is 6.61 Å². The van der Waals surface area contributed by atoms with Gasteiger partial charge in [-0.2, -0.15) is 0 Å². The minimum atomic E-state index is -0.0796. The number of methoxy groups -OCH3 is 1. The highest BCUT2D eigenvalue weighted by Gasteiger charge is 2.08. The van der Waals surface area contributed by atoms with Crippen molar-refractivity contribution < 1.29 is 14.9 Å². The molecule has 1 heterocycles. The third kappa shape index (κ3) is 2.77. The summed E-state index contributed by atoms with van der Waals surface area (Å²) >= 11 is 0. The van der Waals surface area contributed by atoms with Crippen LogP contribution in [0.5, 0.6) is 11.5 Å². The second-order valence-electron chi connectivity index (χ2n) is 4.79. The lowest BCUT2D eigenvalue weighted by Crippen LogP contribution is -1.98. The van der Waals surface area contributed by atoms with E-state index in [1.807, 2.05) is 12.1 Å². The number of phenols is 1. The van der Waals surface area contributed by atoms with Crippen LogP contribution in [0.3, 0.4) is 0 Å². The Morgan fingerprint density at radius 1 is 1.14 bits per heavy atom. The molecule has 0 aliphatic carbocycles. The summed E-state index contributed by atoms with van der Waals surface area (Å²) in [5.74, 6) is 0.847. The molecule has 3 rings (SSSR count). The number of nitrogens with zero attached hydrogens (tertiary/aromatic N) is 3. The van der Waals surface area contributed by atoms with Crippen LogP contribution in [0.1, 0.15) is 5.56 Å². The van der Waals surface area contributed by atoms with Crippen molar-refractivity contribution in [2.75, 3.05) is 7.11 Å². The first-order valence-electron chi connectivity index (χ1n) is 6.70. The molecule has 0 bridgehead atoms. The first kappa shape index (κ1) is 14.1. The summed E-state index contributed by atoms with van der Waals surface area (Å²) in [5.41, 5.74) is 3.03. The fourth-order valence-corrected chi connectivity index (χ4v) is 2.14. The zero-order valence-electron chi connectivity index (χ0n) is 12.0. The molecule has 0 aliphatic rings. The molecule has 0 saturated carbocycles. The minimum Gasteiger partial charge on any atom is -0.508 e. The van der Waals surface area contributed by atoms with Crippen LogP contribution in [0.25, 0.3) is 16.9 Å². The molecule has 3 aromatic rings. The van der Waals surface area contributed by atoms with Crippen molar-refractivity contribution in [3.63, 3.8) is 0 Å². The van der Waals surface area contributed by atoms with Crippen molar-refractivity contribution in [3.05, 3.63) is 54.2 Å². The molecule has 1 aromatic heterocycles. The normalized spacial score (nSPS) is 10.6. The summed E-state index contributed by atoms with van der Waals surface area (Å²) < 4.78 is 6.84. The highest BCUT2D eigenvalue weighted by atomic mass is 16.5. The topological polar surface area (TPSA) is 80.4 Å². The number of benzene rings is 2. The van der Waals surface area contributed by atoms with Gasteiger partial charge in [-0.05, 0) is 42.0 Å². The Morgan fingerprint density at radius 3 is 2.59 bits per heavy atom. The highest BCUT2D eigenvalue weighted by molar-refractivity contribution is 5.59. The molecule has 0 amide bonds. The van der Waals surface area contributed by atoms with Gasteiger partial charge in [0.2, 0.25) is 0 Å². The third-order valence-corrected chi connectivity index (χ3v) is 3.29. The van der Waals surface area contributed by atoms with Gasteiger partial charge in [0.1, 0.15) is 17.2 Å². The Labute approximate surface area is 127 Å². The van der Waals surface area contributed by atoms with Crippen LogP contribution >= 0.6 is 0 Å². The maximum atomic E-state index is 9.32. The van der Waals surface area contributed by atoms with E-state index >= 15 is 0 Å². The zero-order valence-corrected chi connectivity index (χ0v) is 12.0. The molecule has 0 spiro atoms. The second-order valence-corrected chi connectivity index (χ2v) is 4.79. The fourth-order valence-electron chi connectivity index (χ4n) is 2.14. The van der Waals surface area contributed by atoms with Gasteiger partial charge in [0.05, 0.1) is 25.6 Å². The Kier molecular flexibility index (Phi) is 3.76. The first-order chi connectivity index (χ1) is 10.7. The van der Waals surface area contributed by atoms with Crippen LogP contribution in [0.4, 0.5) is 0 Å². The summed E-state index contributed by atoms with van der Waals surface area (Å²) in [4.78, 5) is 0. The lowest BCUT2D eigenvalue weighted by atomic mass is 10.1. The first-order valence-corrected chi connectivity index (χ1v) is 6.70. The van der Waals surface area contributed by atoms with Gasteiger partial charge in [0.25, 0.3) is 0 Å². The molecule has 22 heavy (non-hydrogen) atoms. The molecule has 2 aromatic carbocycles. The lowest BCUT2D eigenvalue weighted by Gasteiger charge is -2.07. The van der Waals surface area contributed by atoms with Gasteiger partial charge in [-0.1, -0.05) is 5.21 Å². The minimum absolute atomic E-state index is 0.0796. The van der Waals surface area contributed by atoms with Crippen LogP contribution < -0.4 is 4.74 Å². The van der Waals surface area contributed by atoms with Crippen LogP contribution in [0.2, 0.25) is 0 Å². The summed E-state index contributed by atoms with van der Waals surface area (Å²) in [5, 5.41) is 26.9. The molecule has 0 unspecified atom stereocenters. The smallest absolute Gasteiger partial charge is 0.121 e. The van der Waals surface area contributed by atoms with Crippen LogP contribution in [-0.4, -0.2) is 32.3 Å². The van der Waals surface area contributed by atoms with Crippen molar-refractivity contribution in [1.29, 1.82) is 0 Å². The van der Waals surface area contributed by atoms with E-state index in [1.54, 1.807) is 48.3 Å². The van der Waals surface area contributed by atoms with Crippen molar-refractivity contribution in [3.8, 4) is 28.4 Å². The van der Waals surface area contributed by atoms with Crippen LogP contribution in [-0.2, 0) is 6.61 Å². The van der Waals surface area contributed by atoms with E-state index in [4.69, 9.17) is 4.74 Å². The molecule has 2 N–H and O–H groups in total. The van der Waals surface area contributed by atoms with E-state index in [0.717, 1.165) is 16.8 Å². The number of aromatic hydroxyl groups is 1. The van der Waals surface area contributed by atoms with E-state index in [0.29, 0.717) is 11.4 Å². The van der Waals surface area contributed by atoms with Crippen LogP contribution in [0, 0.1) is 0 Å². The fraction of sp³-hybridized carbons (Fsp3) is 0.125. The second kappa shape index (κ2) is 5.87. The SMILES string of the molecule is COc1cc(CO)cc(-n2cc(-c3ccc(O)cc3)nn2)c1. The standard InChI is InChI=1S/C16H15N3O3/c1-22-15-7-11(10-20)6-13(8-15)19-9-16(17-18-19)12-2-4-14(21)5-3-12/h2-9,20-21H,10H2,1H3. The Morgan fingerprint density at radius 2 is 1.91 bits per heavy atom. The van der Waals surface area contributed by atoms with E-state index < -0.39 is 0 Å². The maximum absolute atomic E-state index is 9.32. The average molecular weight is 297 g/mol. The van der Waals surface area contributed by atoms with Gasteiger partial charge in [0.15, 0.2) is 0 Å². The monoisotopic (exact) mass is 297 g/mol. The highest BCUT2D eigenvalue weighted by Crippen LogP contribution is 2.23. The largest absolute Gasteiger partial charge is 0.508 e. The number of aromatic nitrogens is 3. The number of rotatable bonds is 4. The Bertz CT molecular complexity index is 759. The number of ether oxygens (including phenoxy) is 1. The quantitative estimate of drug-likeness (QED) is 0.771. The predicted molar refractivity (Wildman–Crippen MR) is 80.9 cm³/mol. The molecular formula is C16H15N3O3. The van der Waals surface area contributed by atoms with Gasteiger partial charge in [-0.3, -0.25) is 0 Å². The van der Waals surface area contributed by atoms with Crippen molar-refractivity contribution in [2.24, 2.45) is 0 Å². The maximum Gasteiger partial charge on any atom is 0.121 e. The third-order valence-electron chi connectivity index (χ3n) is 3.29. The molecule has 6 heteroatoms. The van der Waals surface area contributed by atoms with E-state index in [2.05, 4.69) is 10.3 Å². The number of aliphatic hydroxyl groups excluding tert-OH is 1. The summed E-state index contributed by atoms with van der Waals surface area (Å²) in [6.45, 7) is -0.0796. The van der Waals surface area contributed by atoms with Gasteiger partial charge < -0.3 is 14.9 Å². The number of phenolic OH excluding ortho intramolecular Hbond substituents is 1. The van der Waals surface area contributed by atoms with Crippen molar-refractivity contribution in [1.82, 2.24) is 15.0 Å². The van der Waals surface area contributed by atoms with Gasteiger partial charge in [-0.15, -0.1) is 5.10 Å². The van der Waals surface area contributed by atoms with E-state index in [-0.39, 0.29) is 12.4 Å². The zero-order chi connectivity index (χ0) is 15.5. The molecule has 0 atom stereocenters. The molecule has 0 saturated heterocycles. The lowest BCUT2D eigenvalue weighted by molar-refractivity contribution is 0.281. The molecular weight excluding hydrogens is 282 g/mol. The molecule has 0 radical (unpaired) electrons. The molecule has 0 aliphatic heterocycles.